The van der Waals surface area contributed by atoms with Crippen LogP contribution >= 0.6 is 0 Å². The van der Waals surface area contributed by atoms with Crippen molar-refractivity contribution >= 4 is 11.4 Å². The molecule has 8 nitrogen and oxygen atoms in total. The minimum absolute atomic E-state index is 0.233. The Morgan fingerprint density at radius 2 is 1.87 bits per heavy atom. The van der Waals surface area contributed by atoms with Crippen molar-refractivity contribution in [2.75, 3.05) is 7.11 Å². The topological polar surface area (TPSA) is 116 Å². The molecule has 0 heterocycles. The third-order valence-corrected chi connectivity index (χ3v) is 1.69. The van der Waals surface area contributed by atoms with Gasteiger partial charge in [0.15, 0.2) is 0 Å². The van der Waals surface area contributed by atoms with E-state index in [-0.39, 0.29) is 5.75 Å². The van der Waals surface area contributed by atoms with Crippen LogP contribution in [0.3, 0.4) is 0 Å². The van der Waals surface area contributed by atoms with Crippen LogP contribution in [0.4, 0.5) is 11.4 Å². The quantitative estimate of drug-likeness (QED) is 0.597. The van der Waals surface area contributed by atoms with E-state index in [0.717, 1.165) is 19.2 Å². The van der Waals surface area contributed by atoms with Gasteiger partial charge in [0.2, 0.25) is 5.75 Å². The number of aromatic hydroxyl groups is 1. The lowest BCUT2D eigenvalue weighted by Gasteiger charge is -2.02. The highest BCUT2D eigenvalue weighted by molar-refractivity contribution is 5.65. The Kier molecular flexibility index (Phi) is 2.70. The molecule has 80 valence electrons. The second-order valence-corrected chi connectivity index (χ2v) is 2.50. The fourth-order valence-corrected chi connectivity index (χ4v) is 1.04. The molecule has 1 N–H and O–H groups in total. The molecular formula is C7H6N2O6. The fraction of sp³-hybridized carbons (Fsp3) is 0.143. The van der Waals surface area contributed by atoms with Crippen LogP contribution in [-0.4, -0.2) is 22.1 Å². The number of rotatable bonds is 3. The van der Waals surface area contributed by atoms with Gasteiger partial charge in [-0.05, 0) is 6.07 Å². The number of ether oxygens (including phenoxy) is 1. The van der Waals surface area contributed by atoms with Crippen LogP contribution in [0.1, 0.15) is 0 Å². The van der Waals surface area contributed by atoms with Gasteiger partial charge in [-0.15, -0.1) is 0 Å². The fourth-order valence-electron chi connectivity index (χ4n) is 1.04. The molecule has 0 spiro atoms. The van der Waals surface area contributed by atoms with Gasteiger partial charge in [-0.3, -0.25) is 20.2 Å². The maximum absolute atomic E-state index is 10.5. The van der Waals surface area contributed by atoms with Gasteiger partial charge in [0, 0.05) is 6.07 Å². The summed E-state index contributed by atoms with van der Waals surface area (Å²) >= 11 is 0. The van der Waals surface area contributed by atoms with Crippen molar-refractivity contribution in [3.63, 3.8) is 0 Å². The molecule has 0 fully saturated rings. The van der Waals surface area contributed by atoms with Gasteiger partial charge in [0.1, 0.15) is 0 Å². The lowest BCUT2D eigenvalue weighted by atomic mass is 10.2. The number of nitro groups is 2. The third-order valence-electron chi connectivity index (χ3n) is 1.69. The Morgan fingerprint density at radius 3 is 2.27 bits per heavy atom. The normalized spacial score (nSPS) is 9.67. The SMILES string of the molecule is COc1ccc([N+](=O)[O-])c(O)c1[N+](=O)[O-]. The summed E-state index contributed by atoms with van der Waals surface area (Å²) in [6.07, 6.45) is 0. The summed E-state index contributed by atoms with van der Waals surface area (Å²) in [5.41, 5.74) is -1.55. The lowest BCUT2D eigenvalue weighted by molar-refractivity contribution is -0.396. The molecule has 0 aliphatic heterocycles. The van der Waals surface area contributed by atoms with E-state index >= 15 is 0 Å². The maximum atomic E-state index is 10.5. The number of hydrogen-bond acceptors (Lipinski definition) is 6. The van der Waals surface area contributed by atoms with E-state index in [0.29, 0.717) is 0 Å². The van der Waals surface area contributed by atoms with E-state index in [2.05, 4.69) is 4.74 Å². The number of methoxy groups -OCH3 is 1. The van der Waals surface area contributed by atoms with Crippen LogP contribution in [0.15, 0.2) is 12.1 Å². The monoisotopic (exact) mass is 214 g/mol. The number of hydrogen-bond donors (Lipinski definition) is 1. The van der Waals surface area contributed by atoms with Crippen LogP contribution in [0.2, 0.25) is 0 Å². The van der Waals surface area contributed by atoms with Gasteiger partial charge >= 0.3 is 11.4 Å². The number of nitrogens with zero attached hydrogens (tertiary/aromatic N) is 2. The van der Waals surface area contributed by atoms with Crippen molar-refractivity contribution in [2.24, 2.45) is 0 Å². The maximum Gasteiger partial charge on any atom is 0.359 e. The summed E-state index contributed by atoms with van der Waals surface area (Å²) in [4.78, 5) is 19.0. The van der Waals surface area contributed by atoms with Crippen LogP contribution < -0.4 is 4.74 Å². The molecule has 1 rings (SSSR count). The number of benzene rings is 1. The van der Waals surface area contributed by atoms with E-state index in [1.807, 2.05) is 0 Å². The first kappa shape index (κ1) is 10.7. The highest BCUT2D eigenvalue weighted by Gasteiger charge is 2.29. The standard InChI is InChI=1S/C7H6N2O6/c1-15-5-3-2-4(8(11)12)7(10)6(5)9(13)14/h2-3,10H,1H3. The summed E-state index contributed by atoms with van der Waals surface area (Å²) in [6.45, 7) is 0. The summed E-state index contributed by atoms with van der Waals surface area (Å²) in [6, 6.07) is 1.98. The first-order valence-corrected chi connectivity index (χ1v) is 3.67. The molecule has 1 aromatic rings. The van der Waals surface area contributed by atoms with Crippen molar-refractivity contribution < 1.29 is 19.7 Å². The van der Waals surface area contributed by atoms with Crippen LogP contribution in [0, 0.1) is 20.2 Å². The molecule has 0 unspecified atom stereocenters. The first-order chi connectivity index (χ1) is 6.99. The highest BCUT2D eigenvalue weighted by atomic mass is 16.6. The second-order valence-electron chi connectivity index (χ2n) is 2.50. The lowest BCUT2D eigenvalue weighted by Crippen LogP contribution is -1.97. The highest BCUT2D eigenvalue weighted by Crippen LogP contribution is 2.42. The van der Waals surface area contributed by atoms with E-state index in [1.54, 1.807) is 0 Å². The Hall–Kier alpha value is -2.38. The van der Waals surface area contributed by atoms with Crippen molar-refractivity contribution in [3.05, 3.63) is 32.4 Å². The van der Waals surface area contributed by atoms with E-state index in [9.17, 15) is 25.3 Å². The minimum atomic E-state index is -1.01. The van der Waals surface area contributed by atoms with Crippen LogP contribution in [0.5, 0.6) is 11.5 Å². The second kappa shape index (κ2) is 3.78. The molecule has 0 bridgehead atoms. The number of phenols is 1. The molecule has 0 aliphatic rings. The van der Waals surface area contributed by atoms with Gasteiger partial charge in [-0.1, -0.05) is 0 Å². The minimum Gasteiger partial charge on any atom is -0.497 e. The van der Waals surface area contributed by atoms with Crippen molar-refractivity contribution in [1.29, 1.82) is 0 Å². The van der Waals surface area contributed by atoms with Crippen LogP contribution in [-0.2, 0) is 0 Å². The smallest absolute Gasteiger partial charge is 0.359 e. The predicted molar refractivity (Wildman–Crippen MR) is 48.0 cm³/mol. The third kappa shape index (κ3) is 1.77. The van der Waals surface area contributed by atoms with E-state index in [1.165, 1.54) is 0 Å². The molecule has 1 aromatic carbocycles. The van der Waals surface area contributed by atoms with Gasteiger partial charge in [-0.25, -0.2) is 0 Å². The van der Waals surface area contributed by atoms with Gasteiger partial charge in [0.25, 0.3) is 5.75 Å². The first-order valence-electron chi connectivity index (χ1n) is 3.67. The molecule has 0 saturated carbocycles. The molecular weight excluding hydrogens is 208 g/mol. The Labute approximate surface area is 83.0 Å². The van der Waals surface area contributed by atoms with Gasteiger partial charge < -0.3 is 9.84 Å². The molecule has 0 atom stereocenters. The van der Waals surface area contributed by atoms with Crippen LogP contribution in [0.25, 0.3) is 0 Å². The molecule has 0 radical (unpaired) electrons. The predicted octanol–water partition coefficient (Wildman–Crippen LogP) is 1.22. The average molecular weight is 214 g/mol. The zero-order valence-corrected chi connectivity index (χ0v) is 7.54. The number of phenolic OH excluding ortho intramolecular Hbond substituents is 1. The molecule has 0 aromatic heterocycles. The largest absolute Gasteiger partial charge is 0.497 e. The zero-order valence-electron chi connectivity index (χ0n) is 7.54. The molecule has 0 aliphatic carbocycles. The number of nitro benzene ring substituents is 2. The van der Waals surface area contributed by atoms with E-state index < -0.39 is 27.0 Å². The van der Waals surface area contributed by atoms with E-state index in [4.69, 9.17) is 0 Å². The van der Waals surface area contributed by atoms with Gasteiger partial charge in [-0.2, -0.15) is 0 Å². The molecule has 8 heteroatoms. The Bertz CT molecular complexity index is 430. The zero-order chi connectivity index (χ0) is 11.6. The summed E-state index contributed by atoms with van der Waals surface area (Å²) < 4.78 is 4.60. The summed E-state index contributed by atoms with van der Waals surface area (Å²) in [5, 5.41) is 30.2. The van der Waals surface area contributed by atoms with Crippen molar-refractivity contribution in [3.8, 4) is 11.5 Å². The van der Waals surface area contributed by atoms with Crippen molar-refractivity contribution in [1.82, 2.24) is 0 Å². The molecule has 15 heavy (non-hydrogen) atoms. The Morgan fingerprint density at radius 1 is 1.27 bits per heavy atom. The van der Waals surface area contributed by atoms with Crippen molar-refractivity contribution in [2.45, 2.75) is 0 Å². The molecule has 0 saturated heterocycles. The molecule has 0 amide bonds. The van der Waals surface area contributed by atoms with Gasteiger partial charge in [0.05, 0.1) is 17.0 Å². The Balaban J connectivity index is 3.49. The average Bonchev–Trinajstić information content (AvgIpc) is 2.15. The summed E-state index contributed by atoms with van der Waals surface area (Å²) in [5.74, 6) is -1.24. The summed E-state index contributed by atoms with van der Waals surface area (Å²) in [7, 11) is 1.16.